The third-order valence-electron chi connectivity index (χ3n) is 1.76. The number of benzene rings is 1. The molecule has 0 bridgehead atoms. The first-order chi connectivity index (χ1) is 5.97. The zero-order chi connectivity index (χ0) is 8.23. The van der Waals surface area contributed by atoms with E-state index in [1.165, 1.54) is 27.7 Å². The maximum atomic E-state index is 2.20. The first-order valence-electron chi connectivity index (χ1n) is 4.15. The van der Waals surface area contributed by atoms with Crippen LogP contribution >= 0.6 is 11.8 Å². The third-order valence-corrected chi connectivity index (χ3v) is 4.45. The summed E-state index contributed by atoms with van der Waals surface area (Å²) in [7, 11) is 0. The Labute approximate surface area is 81.3 Å². The molecule has 1 heterocycles. The van der Waals surface area contributed by atoms with Gasteiger partial charge in [0.1, 0.15) is 0 Å². The summed E-state index contributed by atoms with van der Waals surface area (Å²) in [5.74, 6) is 2.58. The van der Waals surface area contributed by atoms with E-state index < -0.39 is 0 Å². The summed E-state index contributed by atoms with van der Waals surface area (Å²) in [5, 5.41) is 0. The van der Waals surface area contributed by atoms with Crippen molar-refractivity contribution in [2.45, 2.75) is 6.42 Å². The molecule has 0 N–H and O–H groups in total. The summed E-state index contributed by atoms with van der Waals surface area (Å²) in [6.45, 7) is 0. The molecular weight excluding hydrogens is 184 g/mol. The lowest BCUT2D eigenvalue weighted by molar-refractivity contribution is 1.13. The molecule has 0 amide bonds. The van der Waals surface area contributed by atoms with Crippen molar-refractivity contribution in [2.24, 2.45) is 0 Å². The van der Waals surface area contributed by atoms with Crippen LogP contribution in [0.2, 0.25) is 0 Å². The van der Waals surface area contributed by atoms with Crippen molar-refractivity contribution < 1.29 is 0 Å². The van der Waals surface area contributed by atoms with Gasteiger partial charge in [-0.25, -0.2) is 0 Å². The van der Waals surface area contributed by atoms with Crippen LogP contribution in [0.5, 0.6) is 0 Å². The van der Waals surface area contributed by atoms with Gasteiger partial charge in [-0.1, -0.05) is 30.0 Å². The SMILES string of the molecule is c1ccc(C2=[S+]CCCS2)cc1. The van der Waals surface area contributed by atoms with Gasteiger partial charge in [0.25, 0.3) is 4.20 Å². The summed E-state index contributed by atoms with van der Waals surface area (Å²) in [5.41, 5.74) is 1.40. The van der Waals surface area contributed by atoms with Crippen LogP contribution in [-0.4, -0.2) is 15.7 Å². The topological polar surface area (TPSA) is 0 Å². The number of hydrogen-bond donors (Lipinski definition) is 0. The molecule has 0 aromatic heterocycles. The second kappa shape index (κ2) is 4.06. The van der Waals surface area contributed by atoms with Crippen LogP contribution in [0.1, 0.15) is 12.0 Å². The smallest absolute Gasteiger partial charge is 0.0643 e. The zero-order valence-corrected chi connectivity index (χ0v) is 8.46. The van der Waals surface area contributed by atoms with Crippen LogP contribution in [0, 0.1) is 0 Å². The Morgan fingerprint density at radius 3 is 2.67 bits per heavy atom. The molecule has 0 unspecified atom stereocenters. The molecule has 0 saturated carbocycles. The Morgan fingerprint density at radius 2 is 2.00 bits per heavy atom. The summed E-state index contributed by atoms with van der Waals surface area (Å²) in [6.07, 6.45) is 1.35. The maximum absolute atomic E-state index is 2.20. The molecule has 0 atom stereocenters. The van der Waals surface area contributed by atoms with Crippen LogP contribution in [0.15, 0.2) is 30.3 Å². The van der Waals surface area contributed by atoms with Crippen molar-refractivity contribution in [3.05, 3.63) is 35.9 Å². The zero-order valence-electron chi connectivity index (χ0n) is 6.82. The van der Waals surface area contributed by atoms with E-state index >= 15 is 0 Å². The minimum absolute atomic E-state index is 1.29. The van der Waals surface area contributed by atoms with Crippen LogP contribution in [-0.2, 0) is 11.4 Å². The van der Waals surface area contributed by atoms with Gasteiger partial charge in [0.05, 0.1) is 0 Å². The number of thioether (sulfide) groups is 1. The average molecular weight is 195 g/mol. The maximum Gasteiger partial charge on any atom is 0.265 e. The molecule has 0 aliphatic carbocycles. The fourth-order valence-corrected chi connectivity index (χ4v) is 3.74. The first-order valence-corrected chi connectivity index (χ1v) is 6.12. The Bertz CT molecular complexity index is 277. The Hall–Kier alpha value is -0.340. The van der Waals surface area contributed by atoms with Gasteiger partial charge in [-0.05, 0) is 12.1 Å². The van der Waals surface area contributed by atoms with Crippen molar-refractivity contribution in [3.63, 3.8) is 0 Å². The third kappa shape index (κ3) is 1.87. The van der Waals surface area contributed by atoms with Crippen molar-refractivity contribution in [3.8, 4) is 0 Å². The van der Waals surface area contributed by atoms with Gasteiger partial charge in [-0.15, -0.1) is 0 Å². The van der Waals surface area contributed by atoms with Gasteiger partial charge >= 0.3 is 0 Å². The Morgan fingerprint density at radius 1 is 1.17 bits per heavy atom. The van der Waals surface area contributed by atoms with E-state index in [4.69, 9.17) is 0 Å². The summed E-state index contributed by atoms with van der Waals surface area (Å²) in [4.78, 5) is 0. The average Bonchev–Trinajstić information content (AvgIpc) is 2.21. The summed E-state index contributed by atoms with van der Waals surface area (Å²) < 4.78 is 1.50. The highest BCUT2D eigenvalue weighted by Gasteiger charge is 2.18. The molecule has 12 heavy (non-hydrogen) atoms. The number of hydrogen-bond acceptors (Lipinski definition) is 1. The van der Waals surface area contributed by atoms with Gasteiger partial charge in [0, 0.05) is 17.7 Å². The Kier molecular flexibility index (Phi) is 2.79. The minimum Gasteiger partial charge on any atom is -0.0643 e. The lowest BCUT2D eigenvalue weighted by Gasteiger charge is -2.00. The second-order valence-electron chi connectivity index (χ2n) is 2.70. The Balaban J connectivity index is 2.24. The minimum atomic E-state index is 1.29. The van der Waals surface area contributed by atoms with E-state index in [0.29, 0.717) is 0 Å². The van der Waals surface area contributed by atoms with Crippen LogP contribution in [0.3, 0.4) is 0 Å². The molecule has 1 aromatic rings. The van der Waals surface area contributed by atoms with Gasteiger partial charge < -0.3 is 0 Å². The van der Waals surface area contributed by atoms with Gasteiger partial charge in [0.15, 0.2) is 17.1 Å². The fourth-order valence-electron chi connectivity index (χ4n) is 1.17. The van der Waals surface area contributed by atoms with E-state index in [1.54, 1.807) is 0 Å². The van der Waals surface area contributed by atoms with Crippen molar-refractivity contribution in [1.82, 2.24) is 0 Å². The van der Waals surface area contributed by atoms with E-state index in [2.05, 4.69) is 30.3 Å². The highest BCUT2D eigenvalue weighted by Crippen LogP contribution is 2.17. The van der Waals surface area contributed by atoms with Crippen molar-refractivity contribution in [2.75, 3.05) is 11.5 Å². The highest BCUT2D eigenvalue weighted by molar-refractivity contribution is 8.23. The molecule has 1 aliphatic rings. The lowest BCUT2D eigenvalue weighted by Crippen LogP contribution is -2.06. The normalized spacial score (nSPS) is 17.2. The summed E-state index contributed by atoms with van der Waals surface area (Å²) in [6, 6.07) is 10.7. The van der Waals surface area contributed by atoms with E-state index in [0.717, 1.165) is 0 Å². The highest BCUT2D eigenvalue weighted by atomic mass is 32.2. The molecule has 2 heteroatoms. The molecule has 0 nitrogen and oxygen atoms in total. The fraction of sp³-hybridized carbons (Fsp3) is 0.300. The monoisotopic (exact) mass is 195 g/mol. The number of rotatable bonds is 1. The van der Waals surface area contributed by atoms with Crippen molar-refractivity contribution in [1.29, 1.82) is 0 Å². The van der Waals surface area contributed by atoms with E-state index in [1.807, 2.05) is 23.1 Å². The van der Waals surface area contributed by atoms with Gasteiger partial charge in [-0.2, -0.15) is 0 Å². The largest absolute Gasteiger partial charge is 0.265 e. The predicted molar refractivity (Wildman–Crippen MR) is 59.9 cm³/mol. The van der Waals surface area contributed by atoms with Gasteiger partial charge in [0.2, 0.25) is 0 Å². The second-order valence-corrected chi connectivity index (χ2v) is 5.17. The van der Waals surface area contributed by atoms with Crippen LogP contribution < -0.4 is 0 Å². The molecule has 2 rings (SSSR count). The molecule has 0 saturated heterocycles. The molecule has 0 spiro atoms. The van der Waals surface area contributed by atoms with E-state index in [9.17, 15) is 0 Å². The van der Waals surface area contributed by atoms with Crippen molar-refractivity contribution >= 4 is 27.3 Å². The first kappa shape index (κ1) is 8.27. The molecular formula is C10H11S2+. The van der Waals surface area contributed by atoms with Crippen LogP contribution in [0.25, 0.3) is 0 Å². The lowest BCUT2D eigenvalue weighted by atomic mass is 10.2. The quantitative estimate of drug-likeness (QED) is 0.490. The standard InChI is InChI=1S/C10H11S2/c1-2-5-9(6-3-1)10-11-7-4-8-12-10/h1-3,5-6H,4,7-8H2/q+1. The van der Waals surface area contributed by atoms with Crippen LogP contribution in [0.4, 0.5) is 0 Å². The predicted octanol–water partition coefficient (Wildman–Crippen LogP) is 2.38. The molecule has 1 aliphatic heterocycles. The van der Waals surface area contributed by atoms with Gasteiger partial charge in [-0.3, -0.25) is 0 Å². The molecule has 62 valence electrons. The summed E-state index contributed by atoms with van der Waals surface area (Å²) >= 11 is 3.99. The molecule has 0 radical (unpaired) electrons. The molecule has 0 fully saturated rings. The van der Waals surface area contributed by atoms with E-state index in [-0.39, 0.29) is 0 Å². The molecule has 1 aromatic carbocycles.